The molecule has 0 radical (unpaired) electrons. The molecule has 1 rings (SSSR count). The molecule has 1 heterocycles. The Labute approximate surface area is 125 Å². The lowest BCUT2D eigenvalue weighted by molar-refractivity contribution is -0.145. The van der Waals surface area contributed by atoms with Crippen molar-refractivity contribution < 1.29 is 14.3 Å². The SMILES string of the molecule is CC(C)COC(=O)CCn1cc(CNC(=O)C(C)C)nn1. The fourth-order valence-electron chi connectivity index (χ4n) is 1.45. The molecule has 21 heavy (non-hydrogen) atoms. The van der Waals surface area contributed by atoms with Gasteiger partial charge in [0.05, 0.1) is 32.3 Å². The number of esters is 1. The fourth-order valence-corrected chi connectivity index (χ4v) is 1.45. The Kier molecular flexibility index (Phi) is 6.84. The van der Waals surface area contributed by atoms with Crippen LogP contribution >= 0.6 is 0 Å². The quantitative estimate of drug-likeness (QED) is 0.727. The first kappa shape index (κ1) is 17.1. The van der Waals surface area contributed by atoms with E-state index in [0.717, 1.165) is 0 Å². The minimum Gasteiger partial charge on any atom is -0.465 e. The molecule has 0 bridgehead atoms. The number of nitrogens with one attached hydrogen (secondary N) is 1. The zero-order valence-corrected chi connectivity index (χ0v) is 13.1. The summed E-state index contributed by atoms with van der Waals surface area (Å²) in [6, 6.07) is 0. The van der Waals surface area contributed by atoms with Crippen molar-refractivity contribution in [2.75, 3.05) is 6.61 Å². The maximum absolute atomic E-state index is 11.5. The highest BCUT2D eigenvalue weighted by atomic mass is 16.5. The predicted molar refractivity (Wildman–Crippen MR) is 77.1 cm³/mol. The minimum absolute atomic E-state index is 0.0261. The second-order valence-corrected chi connectivity index (χ2v) is 5.67. The van der Waals surface area contributed by atoms with Crippen molar-refractivity contribution in [1.29, 1.82) is 0 Å². The molecular formula is C14H24N4O3. The van der Waals surface area contributed by atoms with Gasteiger partial charge in [-0.3, -0.25) is 14.3 Å². The van der Waals surface area contributed by atoms with Crippen LogP contribution in [0.3, 0.4) is 0 Å². The highest BCUT2D eigenvalue weighted by molar-refractivity contribution is 5.77. The molecule has 7 nitrogen and oxygen atoms in total. The average molecular weight is 296 g/mol. The molecule has 0 aliphatic carbocycles. The number of amides is 1. The second-order valence-electron chi connectivity index (χ2n) is 5.67. The second kappa shape index (κ2) is 8.39. The molecule has 1 N–H and O–H groups in total. The molecule has 7 heteroatoms. The minimum atomic E-state index is -0.242. The molecule has 0 aromatic carbocycles. The van der Waals surface area contributed by atoms with Gasteiger partial charge in [0.2, 0.25) is 5.91 Å². The molecule has 1 aromatic heterocycles. The molecule has 1 amide bonds. The zero-order chi connectivity index (χ0) is 15.8. The molecule has 0 saturated heterocycles. The van der Waals surface area contributed by atoms with Gasteiger partial charge in [0.1, 0.15) is 5.69 Å². The smallest absolute Gasteiger partial charge is 0.307 e. The van der Waals surface area contributed by atoms with Crippen LogP contribution in [0.4, 0.5) is 0 Å². The number of ether oxygens (including phenoxy) is 1. The number of hydrogen-bond acceptors (Lipinski definition) is 5. The summed E-state index contributed by atoms with van der Waals surface area (Å²) in [5.74, 6) is 0.00272. The number of carbonyl (C=O) groups excluding carboxylic acids is 2. The van der Waals surface area contributed by atoms with Gasteiger partial charge < -0.3 is 10.1 Å². The lowest BCUT2D eigenvalue weighted by Crippen LogP contribution is -2.27. The Balaban J connectivity index is 2.31. The van der Waals surface area contributed by atoms with E-state index in [1.165, 1.54) is 0 Å². The first-order valence-electron chi connectivity index (χ1n) is 7.20. The Hall–Kier alpha value is -1.92. The molecule has 0 spiro atoms. The van der Waals surface area contributed by atoms with E-state index < -0.39 is 0 Å². The molecular weight excluding hydrogens is 272 g/mol. The van der Waals surface area contributed by atoms with Gasteiger partial charge in [-0.2, -0.15) is 0 Å². The van der Waals surface area contributed by atoms with Gasteiger partial charge in [-0.15, -0.1) is 5.10 Å². The zero-order valence-electron chi connectivity index (χ0n) is 13.1. The van der Waals surface area contributed by atoms with E-state index in [9.17, 15) is 9.59 Å². The Morgan fingerprint density at radius 2 is 2.05 bits per heavy atom. The summed E-state index contributed by atoms with van der Waals surface area (Å²) in [5.41, 5.74) is 0.666. The van der Waals surface area contributed by atoms with E-state index in [2.05, 4.69) is 15.6 Å². The summed E-state index contributed by atoms with van der Waals surface area (Å²) in [6.45, 7) is 8.83. The van der Waals surface area contributed by atoms with Crippen molar-refractivity contribution in [3.63, 3.8) is 0 Å². The summed E-state index contributed by atoms with van der Waals surface area (Å²) in [7, 11) is 0. The molecule has 0 fully saturated rings. The summed E-state index contributed by atoms with van der Waals surface area (Å²) in [6.07, 6.45) is 1.98. The molecule has 0 atom stereocenters. The Morgan fingerprint density at radius 3 is 2.67 bits per heavy atom. The first-order chi connectivity index (χ1) is 9.88. The van der Waals surface area contributed by atoms with E-state index in [-0.39, 0.29) is 24.2 Å². The van der Waals surface area contributed by atoms with Gasteiger partial charge in [-0.05, 0) is 5.92 Å². The highest BCUT2D eigenvalue weighted by Crippen LogP contribution is 1.99. The van der Waals surface area contributed by atoms with Crippen LogP contribution in [0, 0.1) is 11.8 Å². The van der Waals surface area contributed by atoms with Crippen LogP contribution in [0.2, 0.25) is 0 Å². The number of hydrogen-bond donors (Lipinski definition) is 1. The molecule has 118 valence electrons. The van der Waals surface area contributed by atoms with Crippen LogP contribution in [0.5, 0.6) is 0 Å². The molecule has 0 unspecified atom stereocenters. The maximum Gasteiger partial charge on any atom is 0.307 e. The summed E-state index contributed by atoms with van der Waals surface area (Å²) < 4.78 is 6.66. The normalized spacial score (nSPS) is 11.0. The number of aryl methyl sites for hydroxylation is 1. The van der Waals surface area contributed by atoms with Crippen molar-refractivity contribution in [3.8, 4) is 0 Å². The van der Waals surface area contributed by atoms with Crippen LogP contribution in [0.1, 0.15) is 39.8 Å². The van der Waals surface area contributed by atoms with Crippen molar-refractivity contribution in [2.45, 2.75) is 47.2 Å². The molecule has 1 aromatic rings. The number of aromatic nitrogens is 3. The largest absolute Gasteiger partial charge is 0.465 e. The molecule has 0 aliphatic heterocycles. The standard InChI is InChI=1S/C14H24N4O3/c1-10(2)9-21-13(19)5-6-18-8-12(16-17-18)7-15-14(20)11(3)4/h8,10-11H,5-7,9H2,1-4H3,(H,15,20). The first-order valence-corrected chi connectivity index (χ1v) is 7.20. The van der Waals surface area contributed by atoms with E-state index >= 15 is 0 Å². The van der Waals surface area contributed by atoms with E-state index in [1.807, 2.05) is 27.7 Å². The van der Waals surface area contributed by atoms with E-state index in [0.29, 0.717) is 31.3 Å². The summed E-state index contributed by atoms with van der Waals surface area (Å²) >= 11 is 0. The maximum atomic E-state index is 11.5. The average Bonchev–Trinajstić information content (AvgIpc) is 2.88. The van der Waals surface area contributed by atoms with Gasteiger partial charge >= 0.3 is 5.97 Å². The molecule has 0 saturated carbocycles. The van der Waals surface area contributed by atoms with Crippen LogP contribution in [0.15, 0.2) is 6.20 Å². The third-order valence-corrected chi connectivity index (χ3v) is 2.68. The van der Waals surface area contributed by atoms with Crippen LogP contribution < -0.4 is 5.32 Å². The van der Waals surface area contributed by atoms with Gasteiger partial charge in [-0.1, -0.05) is 32.9 Å². The van der Waals surface area contributed by atoms with Crippen LogP contribution in [0.25, 0.3) is 0 Å². The Morgan fingerprint density at radius 1 is 1.33 bits per heavy atom. The van der Waals surface area contributed by atoms with Crippen LogP contribution in [-0.2, 0) is 27.4 Å². The third-order valence-electron chi connectivity index (χ3n) is 2.68. The van der Waals surface area contributed by atoms with Gasteiger partial charge in [0, 0.05) is 5.92 Å². The van der Waals surface area contributed by atoms with Crippen LogP contribution in [-0.4, -0.2) is 33.5 Å². The Bertz CT molecular complexity index is 469. The van der Waals surface area contributed by atoms with Gasteiger partial charge in [0.25, 0.3) is 0 Å². The summed E-state index contributed by atoms with van der Waals surface area (Å²) in [4.78, 5) is 22.9. The number of carbonyl (C=O) groups is 2. The van der Waals surface area contributed by atoms with Crippen molar-refractivity contribution in [2.24, 2.45) is 11.8 Å². The number of rotatable bonds is 8. The third kappa shape index (κ3) is 6.87. The van der Waals surface area contributed by atoms with Gasteiger partial charge in [-0.25, -0.2) is 0 Å². The number of nitrogens with zero attached hydrogens (tertiary/aromatic N) is 3. The molecule has 0 aliphatic rings. The highest BCUT2D eigenvalue weighted by Gasteiger charge is 2.09. The van der Waals surface area contributed by atoms with Crippen molar-refractivity contribution in [1.82, 2.24) is 20.3 Å². The topological polar surface area (TPSA) is 86.1 Å². The monoisotopic (exact) mass is 296 g/mol. The van der Waals surface area contributed by atoms with Gasteiger partial charge in [0.15, 0.2) is 0 Å². The van der Waals surface area contributed by atoms with Crippen molar-refractivity contribution in [3.05, 3.63) is 11.9 Å². The predicted octanol–water partition coefficient (Wildman–Crippen LogP) is 1.14. The lowest BCUT2D eigenvalue weighted by atomic mass is 10.2. The van der Waals surface area contributed by atoms with E-state index in [4.69, 9.17) is 4.74 Å². The van der Waals surface area contributed by atoms with E-state index in [1.54, 1.807) is 10.9 Å². The fraction of sp³-hybridized carbons (Fsp3) is 0.714. The summed E-state index contributed by atoms with van der Waals surface area (Å²) in [5, 5.41) is 10.6. The van der Waals surface area contributed by atoms with Crippen molar-refractivity contribution >= 4 is 11.9 Å². The lowest BCUT2D eigenvalue weighted by Gasteiger charge is -2.06.